The van der Waals surface area contributed by atoms with Crippen molar-refractivity contribution in [2.75, 3.05) is 12.8 Å². The lowest BCUT2D eigenvalue weighted by Crippen LogP contribution is -2.23. The highest BCUT2D eigenvalue weighted by Gasteiger charge is 2.15. The minimum absolute atomic E-state index is 0.0908. The molecule has 2 atom stereocenters. The Morgan fingerprint density at radius 1 is 1.10 bits per heavy atom. The number of benzene rings is 2. The van der Waals surface area contributed by atoms with Gasteiger partial charge in [0.05, 0.1) is 10.8 Å². The van der Waals surface area contributed by atoms with E-state index in [-0.39, 0.29) is 6.04 Å². The molecular weight excluding hydrogens is 346 g/mol. The van der Waals surface area contributed by atoms with Crippen molar-refractivity contribution in [3.63, 3.8) is 0 Å². The number of hydrogen-bond acceptors (Lipinski definition) is 2. The summed E-state index contributed by atoms with van der Waals surface area (Å²) >= 11 is 3.40. The molecule has 0 saturated heterocycles. The first-order valence-corrected chi connectivity index (χ1v) is 9.00. The fourth-order valence-electron chi connectivity index (χ4n) is 2.39. The van der Waals surface area contributed by atoms with Gasteiger partial charge in [0.25, 0.3) is 0 Å². The predicted molar refractivity (Wildman–Crippen MR) is 93.1 cm³/mol. The lowest BCUT2D eigenvalue weighted by molar-refractivity contribution is 0.635. The first kappa shape index (κ1) is 16.4. The van der Waals surface area contributed by atoms with Crippen molar-refractivity contribution in [2.45, 2.75) is 24.8 Å². The Balaban J connectivity index is 2.18. The van der Waals surface area contributed by atoms with Gasteiger partial charge in [0.1, 0.15) is 0 Å². The fraction of sp³-hybridized carbons (Fsp3) is 0.294. The molecule has 0 saturated carbocycles. The smallest absolute Gasteiger partial charge is 0.0548 e. The van der Waals surface area contributed by atoms with Gasteiger partial charge >= 0.3 is 0 Å². The molecule has 2 rings (SSSR count). The molecule has 0 aromatic heterocycles. The van der Waals surface area contributed by atoms with E-state index in [4.69, 9.17) is 0 Å². The molecule has 2 aromatic carbocycles. The number of rotatable bonds is 5. The number of hydrogen-bond donors (Lipinski definition) is 1. The first-order chi connectivity index (χ1) is 9.99. The monoisotopic (exact) mass is 365 g/mol. The van der Waals surface area contributed by atoms with E-state index in [1.54, 1.807) is 0 Å². The lowest BCUT2D eigenvalue weighted by Gasteiger charge is -2.17. The summed E-state index contributed by atoms with van der Waals surface area (Å²) in [6.45, 7) is 4.18. The number of nitrogens with one attached hydrogen (secondary N) is 1. The van der Waals surface area contributed by atoms with Crippen molar-refractivity contribution in [1.29, 1.82) is 0 Å². The topological polar surface area (TPSA) is 29.1 Å². The second kappa shape index (κ2) is 7.34. The molecule has 4 heteroatoms. The van der Waals surface area contributed by atoms with Crippen LogP contribution in [0.15, 0.2) is 51.8 Å². The van der Waals surface area contributed by atoms with Gasteiger partial charge in [-0.3, -0.25) is 4.21 Å². The highest BCUT2D eigenvalue weighted by Crippen LogP contribution is 2.21. The zero-order chi connectivity index (χ0) is 15.4. The average molecular weight is 366 g/mol. The van der Waals surface area contributed by atoms with Gasteiger partial charge in [-0.25, -0.2) is 0 Å². The molecule has 0 radical (unpaired) electrons. The lowest BCUT2D eigenvalue weighted by atomic mass is 10.0. The second-order valence-electron chi connectivity index (χ2n) is 5.23. The van der Waals surface area contributed by atoms with Gasteiger partial charge in [-0.1, -0.05) is 45.3 Å². The minimum atomic E-state index is -1.02. The van der Waals surface area contributed by atoms with E-state index in [0.29, 0.717) is 5.75 Å². The van der Waals surface area contributed by atoms with Crippen molar-refractivity contribution in [3.8, 4) is 0 Å². The van der Waals surface area contributed by atoms with Crippen LogP contribution in [0, 0.1) is 13.8 Å². The Kier molecular flexibility index (Phi) is 5.73. The van der Waals surface area contributed by atoms with Crippen LogP contribution in [-0.4, -0.2) is 17.0 Å². The molecule has 0 aliphatic rings. The summed E-state index contributed by atoms with van der Waals surface area (Å²) in [5.74, 6) is 0.570. The van der Waals surface area contributed by atoms with Crippen molar-refractivity contribution in [1.82, 2.24) is 5.32 Å². The van der Waals surface area contributed by atoms with Gasteiger partial charge in [0, 0.05) is 21.2 Å². The van der Waals surface area contributed by atoms with Crippen LogP contribution >= 0.6 is 15.9 Å². The van der Waals surface area contributed by atoms with Crippen LogP contribution in [-0.2, 0) is 10.8 Å². The van der Waals surface area contributed by atoms with Crippen LogP contribution < -0.4 is 5.32 Å². The van der Waals surface area contributed by atoms with E-state index in [0.717, 1.165) is 9.37 Å². The molecule has 1 N–H and O–H groups in total. The Bertz CT molecular complexity index is 619. The molecule has 0 amide bonds. The molecule has 0 bridgehead atoms. The molecule has 0 fully saturated rings. The number of halogens is 1. The van der Waals surface area contributed by atoms with Gasteiger partial charge in [0.15, 0.2) is 0 Å². The standard InChI is InChI=1S/C17H20BrNOS/c1-12-8-13(2)10-14(9-12)17(19-3)11-21(20)16-6-4-15(18)5-7-16/h4-10,17,19H,11H2,1-3H3. The second-order valence-corrected chi connectivity index (χ2v) is 7.64. The third-order valence-electron chi connectivity index (χ3n) is 3.39. The molecule has 2 aromatic rings. The van der Waals surface area contributed by atoms with E-state index >= 15 is 0 Å². The largest absolute Gasteiger partial charge is 0.312 e. The van der Waals surface area contributed by atoms with Crippen LogP contribution in [0.2, 0.25) is 0 Å². The average Bonchev–Trinajstić information content (AvgIpc) is 2.44. The number of aryl methyl sites for hydroxylation is 2. The van der Waals surface area contributed by atoms with Crippen molar-refractivity contribution in [2.24, 2.45) is 0 Å². The van der Waals surface area contributed by atoms with Crippen molar-refractivity contribution >= 4 is 26.7 Å². The SMILES string of the molecule is CNC(CS(=O)c1ccc(Br)cc1)c1cc(C)cc(C)c1. The molecular formula is C17H20BrNOS. The van der Waals surface area contributed by atoms with Gasteiger partial charge in [0.2, 0.25) is 0 Å². The summed E-state index contributed by atoms with van der Waals surface area (Å²) in [4.78, 5) is 0.864. The molecule has 0 heterocycles. The summed E-state index contributed by atoms with van der Waals surface area (Å²) in [6, 6.07) is 14.2. The Morgan fingerprint density at radius 3 is 2.19 bits per heavy atom. The zero-order valence-electron chi connectivity index (χ0n) is 12.5. The highest BCUT2D eigenvalue weighted by molar-refractivity contribution is 9.10. The highest BCUT2D eigenvalue weighted by atomic mass is 79.9. The molecule has 112 valence electrons. The minimum Gasteiger partial charge on any atom is -0.312 e. The summed E-state index contributed by atoms with van der Waals surface area (Å²) in [5, 5.41) is 3.28. The molecule has 0 aliphatic carbocycles. The van der Waals surface area contributed by atoms with Gasteiger partial charge in [-0.15, -0.1) is 0 Å². The van der Waals surface area contributed by atoms with E-state index in [1.807, 2.05) is 31.3 Å². The first-order valence-electron chi connectivity index (χ1n) is 6.89. The summed E-state index contributed by atoms with van der Waals surface area (Å²) in [5.41, 5.74) is 3.67. The van der Waals surface area contributed by atoms with Crippen molar-refractivity contribution in [3.05, 3.63) is 63.6 Å². The third-order valence-corrected chi connectivity index (χ3v) is 5.35. The van der Waals surface area contributed by atoms with E-state index in [2.05, 4.69) is 53.3 Å². The summed E-state index contributed by atoms with van der Waals surface area (Å²) in [6.07, 6.45) is 0. The maximum absolute atomic E-state index is 12.5. The van der Waals surface area contributed by atoms with E-state index in [1.165, 1.54) is 16.7 Å². The Morgan fingerprint density at radius 2 is 1.67 bits per heavy atom. The molecule has 2 nitrogen and oxygen atoms in total. The van der Waals surface area contributed by atoms with Crippen LogP contribution in [0.25, 0.3) is 0 Å². The molecule has 0 aliphatic heterocycles. The van der Waals surface area contributed by atoms with Crippen LogP contribution in [0.4, 0.5) is 0 Å². The Hall–Kier alpha value is -0.970. The van der Waals surface area contributed by atoms with Crippen LogP contribution in [0.3, 0.4) is 0 Å². The molecule has 21 heavy (non-hydrogen) atoms. The van der Waals surface area contributed by atoms with Gasteiger partial charge in [-0.05, 0) is 50.7 Å². The fourth-order valence-corrected chi connectivity index (χ4v) is 3.95. The predicted octanol–water partition coefficient (Wildman–Crippen LogP) is 4.13. The summed E-state index contributed by atoms with van der Waals surface area (Å²) < 4.78 is 13.5. The van der Waals surface area contributed by atoms with E-state index in [9.17, 15) is 4.21 Å². The third kappa shape index (κ3) is 4.50. The normalized spacial score (nSPS) is 13.9. The molecule has 2 unspecified atom stereocenters. The van der Waals surface area contributed by atoms with E-state index < -0.39 is 10.8 Å². The zero-order valence-corrected chi connectivity index (χ0v) is 14.9. The van der Waals surface area contributed by atoms with Crippen LogP contribution in [0.5, 0.6) is 0 Å². The van der Waals surface area contributed by atoms with Crippen LogP contribution in [0.1, 0.15) is 22.7 Å². The maximum atomic E-state index is 12.5. The Labute approximate surface area is 137 Å². The quantitative estimate of drug-likeness (QED) is 0.862. The molecule has 0 spiro atoms. The summed E-state index contributed by atoms with van der Waals surface area (Å²) in [7, 11) is 0.899. The van der Waals surface area contributed by atoms with Gasteiger partial charge < -0.3 is 5.32 Å². The maximum Gasteiger partial charge on any atom is 0.0548 e. The van der Waals surface area contributed by atoms with Gasteiger partial charge in [-0.2, -0.15) is 0 Å². The van der Waals surface area contributed by atoms with Crippen molar-refractivity contribution < 1.29 is 4.21 Å².